The summed E-state index contributed by atoms with van der Waals surface area (Å²) in [6.45, 7) is 0. The van der Waals surface area contributed by atoms with E-state index in [1.807, 2.05) is 54.6 Å². The molecule has 0 radical (unpaired) electrons. The smallest absolute Gasteiger partial charge is 0.235 e. The molecule has 0 aliphatic rings. The predicted octanol–water partition coefficient (Wildman–Crippen LogP) is 4.07. The summed E-state index contributed by atoms with van der Waals surface area (Å²) in [4.78, 5) is 5.03. The minimum Gasteiger partial charge on any atom is -0.253 e. The normalized spacial score (nSPS) is 11.5. The van der Waals surface area contributed by atoms with Crippen molar-refractivity contribution in [1.82, 2.24) is 24.8 Å². The molecule has 7 heteroatoms. The van der Waals surface area contributed by atoms with Gasteiger partial charge in [-0.3, -0.25) is 4.98 Å². The molecular weight excluding hydrogens is 330 g/mol. The number of fused-ring (bicyclic) bond motifs is 1. The number of aromatic nitrogens is 5. The summed E-state index contributed by atoms with van der Waals surface area (Å²) in [6, 6.07) is 13.3. The van der Waals surface area contributed by atoms with E-state index in [0.29, 0.717) is 5.82 Å². The van der Waals surface area contributed by atoms with Gasteiger partial charge in [0.15, 0.2) is 0 Å². The van der Waals surface area contributed by atoms with E-state index in [1.165, 1.54) is 11.3 Å². The quantitative estimate of drug-likeness (QED) is 0.564. The van der Waals surface area contributed by atoms with Crippen LogP contribution in [0.15, 0.2) is 48.7 Å². The minimum atomic E-state index is 0.642. The van der Waals surface area contributed by atoms with Crippen LogP contribution in [0.3, 0.4) is 0 Å². The van der Waals surface area contributed by atoms with Gasteiger partial charge in [-0.15, -0.1) is 10.2 Å². The van der Waals surface area contributed by atoms with Crippen molar-refractivity contribution in [2.45, 2.75) is 0 Å². The molecule has 3 heterocycles. The van der Waals surface area contributed by atoms with Crippen LogP contribution in [0.2, 0.25) is 5.02 Å². The standard InChI is InChI=1S/C16H10ClN5S/c17-12-7-4-11(5-8-12)6-9-14-21-22-15(19-20-16(22)23-14)13-3-1-2-10-18-13/h1-10H/b9-6-. The first kappa shape index (κ1) is 14.0. The summed E-state index contributed by atoms with van der Waals surface area (Å²) in [6.07, 6.45) is 5.66. The van der Waals surface area contributed by atoms with E-state index in [9.17, 15) is 0 Å². The largest absolute Gasteiger partial charge is 0.253 e. The highest BCUT2D eigenvalue weighted by molar-refractivity contribution is 7.17. The highest BCUT2D eigenvalue weighted by Crippen LogP contribution is 2.21. The van der Waals surface area contributed by atoms with Gasteiger partial charge in [0.1, 0.15) is 10.7 Å². The second-order valence-electron chi connectivity index (χ2n) is 4.76. The van der Waals surface area contributed by atoms with Crippen LogP contribution in [-0.4, -0.2) is 24.8 Å². The average Bonchev–Trinajstić information content (AvgIpc) is 3.15. The lowest BCUT2D eigenvalue weighted by Gasteiger charge is -1.94. The average molecular weight is 340 g/mol. The summed E-state index contributed by atoms with van der Waals surface area (Å²) in [5, 5.41) is 14.4. The Bertz CT molecular complexity index is 973. The maximum atomic E-state index is 5.88. The maximum absolute atomic E-state index is 5.88. The molecule has 5 nitrogen and oxygen atoms in total. The number of hydrogen-bond donors (Lipinski definition) is 0. The Morgan fingerprint density at radius 2 is 1.87 bits per heavy atom. The Balaban J connectivity index is 1.67. The third kappa shape index (κ3) is 2.86. The first-order chi connectivity index (χ1) is 11.3. The molecule has 3 aromatic heterocycles. The van der Waals surface area contributed by atoms with Crippen LogP contribution in [0.25, 0.3) is 28.6 Å². The minimum absolute atomic E-state index is 0.642. The van der Waals surface area contributed by atoms with Crippen molar-refractivity contribution in [3.8, 4) is 11.5 Å². The van der Waals surface area contributed by atoms with Crippen LogP contribution in [0.4, 0.5) is 0 Å². The van der Waals surface area contributed by atoms with Crippen molar-refractivity contribution in [3.05, 3.63) is 64.3 Å². The van der Waals surface area contributed by atoms with Gasteiger partial charge < -0.3 is 0 Å². The molecule has 0 aliphatic carbocycles. The Morgan fingerprint density at radius 3 is 2.65 bits per heavy atom. The molecule has 0 unspecified atom stereocenters. The van der Waals surface area contributed by atoms with Crippen LogP contribution in [0.1, 0.15) is 10.6 Å². The Kier molecular flexibility index (Phi) is 3.61. The summed E-state index contributed by atoms with van der Waals surface area (Å²) in [7, 11) is 0. The number of halogens is 1. The molecule has 0 saturated carbocycles. The third-order valence-corrected chi connectivity index (χ3v) is 4.30. The van der Waals surface area contributed by atoms with Gasteiger partial charge in [-0.05, 0) is 35.9 Å². The van der Waals surface area contributed by atoms with Crippen molar-refractivity contribution in [1.29, 1.82) is 0 Å². The molecule has 4 aromatic rings. The molecule has 4 rings (SSSR count). The molecule has 0 spiro atoms. The molecule has 0 amide bonds. The van der Waals surface area contributed by atoms with Crippen molar-refractivity contribution >= 4 is 40.1 Å². The molecule has 0 fully saturated rings. The summed E-state index contributed by atoms with van der Waals surface area (Å²) in [5.41, 5.74) is 1.81. The van der Waals surface area contributed by atoms with Gasteiger partial charge in [0, 0.05) is 11.2 Å². The molecule has 0 saturated heterocycles. The Morgan fingerprint density at radius 1 is 1.00 bits per heavy atom. The topological polar surface area (TPSA) is 56.0 Å². The number of nitrogens with zero attached hydrogens (tertiary/aromatic N) is 5. The summed E-state index contributed by atoms with van der Waals surface area (Å²) in [5.74, 6) is 0.642. The van der Waals surface area contributed by atoms with Gasteiger partial charge in [-0.2, -0.15) is 9.61 Å². The van der Waals surface area contributed by atoms with Crippen LogP contribution in [-0.2, 0) is 0 Å². The van der Waals surface area contributed by atoms with E-state index in [4.69, 9.17) is 11.6 Å². The van der Waals surface area contributed by atoms with Crippen molar-refractivity contribution in [3.63, 3.8) is 0 Å². The van der Waals surface area contributed by atoms with Crippen LogP contribution < -0.4 is 0 Å². The molecular formula is C16H10ClN5S. The zero-order valence-corrected chi connectivity index (χ0v) is 13.4. The highest BCUT2D eigenvalue weighted by atomic mass is 35.5. The van der Waals surface area contributed by atoms with Gasteiger partial charge in [-0.25, -0.2) is 0 Å². The number of pyridine rings is 1. The Hall–Kier alpha value is -2.57. The lowest BCUT2D eigenvalue weighted by molar-refractivity contribution is 0.951. The Labute approximate surface area is 140 Å². The summed E-state index contributed by atoms with van der Waals surface area (Å²) >= 11 is 7.36. The van der Waals surface area contributed by atoms with Crippen molar-refractivity contribution in [2.24, 2.45) is 0 Å². The molecule has 0 aliphatic heterocycles. The third-order valence-electron chi connectivity index (χ3n) is 3.19. The lowest BCUT2D eigenvalue weighted by Crippen LogP contribution is -1.92. The molecule has 0 N–H and O–H groups in total. The van der Waals surface area contributed by atoms with Gasteiger partial charge >= 0.3 is 0 Å². The second-order valence-corrected chi connectivity index (χ2v) is 6.18. The highest BCUT2D eigenvalue weighted by Gasteiger charge is 2.12. The lowest BCUT2D eigenvalue weighted by atomic mass is 10.2. The molecule has 0 bridgehead atoms. The SMILES string of the molecule is Clc1ccc(/C=C\c2nn3c(-c4ccccn4)nnc3s2)cc1. The van der Waals surface area contributed by atoms with Gasteiger partial charge in [0.2, 0.25) is 10.8 Å². The molecule has 1 aromatic carbocycles. The fraction of sp³-hybridized carbons (Fsp3) is 0. The zero-order chi connectivity index (χ0) is 15.6. The monoisotopic (exact) mass is 339 g/mol. The van der Waals surface area contributed by atoms with Crippen LogP contribution in [0.5, 0.6) is 0 Å². The zero-order valence-electron chi connectivity index (χ0n) is 11.8. The van der Waals surface area contributed by atoms with E-state index < -0.39 is 0 Å². The van der Waals surface area contributed by atoms with E-state index in [0.717, 1.165) is 26.2 Å². The van der Waals surface area contributed by atoms with Crippen LogP contribution in [0, 0.1) is 0 Å². The van der Waals surface area contributed by atoms with Gasteiger partial charge in [0.05, 0.1) is 0 Å². The van der Waals surface area contributed by atoms with Crippen molar-refractivity contribution in [2.75, 3.05) is 0 Å². The van der Waals surface area contributed by atoms with Gasteiger partial charge in [-0.1, -0.05) is 47.2 Å². The number of hydrogen-bond acceptors (Lipinski definition) is 5. The second kappa shape index (κ2) is 5.91. The molecule has 0 atom stereocenters. The fourth-order valence-electron chi connectivity index (χ4n) is 2.10. The van der Waals surface area contributed by atoms with E-state index in [-0.39, 0.29) is 0 Å². The molecule has 112 valence electrons. The maximum Gasteiger partial charge on any atom is 0.235 e. The van der Waals surface area contributed by atoms with Crippen molar-refractivity contribution < 1.29 is 0 Å². The first-order valence-electron chi connectivity index (χ1n) is 6.87. The predicted molar refractivity (Wildman–Crippen MR) is 92.3 cm³/mol. The first-order valence-corrected chi connectivity index (χ1v) is 8.06. The van der Waals surface area contributed by atoms with E-state index in [2.05, 4.69) is 20.3 Å². The van der Waals surface area contributed by atoms with Crippen LogP contribution >= 0.6 is 22.9 Å². The van der Waals surface area contributed by atoms with Gasteiger partial charge in [0.25, 0.3) is 0 Å². The van der Waals surface area contributed by atoms with E-state index in [1.54, 1.807) is 10.7 Å². The number of benzene rings is 1. The molecule has 23 heavy (non-hydrogen) atoms. The summed E-state index contributed by atoms with van der Waals surface area (Å²) < 4.78 is 1.72. The number of rotatable bonds is 3. The van der Waals surface area contributed by atoms with E-state index >= 15 is 0 Å². The fourth-order valence-corrected chi connectivity index (χ4v) is 2.96.